The number of benzene rings is 1. The van der Waals surface area contributed by atoms with E-state index in [2.05, 4.69) is 36.6 Å². The number of carbonyl (C=O) groups excluding carboxylic acids is 1. The number of fused-ring (bicyclic) bond motifs is 1. The van der Waals surface area contributed by atoms with Crippen molar-refractivity contribution in [1.82, 2.24) is 10.6 Å². The maximum atomic E-state index is 12.0. The fraction of sp³-hybridized carbons (Fsp3) is 0.529. The summed E-state index contributed by atoms with van der Waals surface area (Å²) in [6.07, 6.45) is 2.90. The molecule has 1 aliphatic carbocycles. The van der Waals surface area contributed by atoms with Gasteiger partial charge in [0.1, 0.15) is 0 Å². The molecule has 0 aliphatic heterocycles. The SMILES string of the molecule is CC1(C)CCc2ccccc2C(NC(=O)NCCC(=O)O)C1. The van der Waals surface area contributed by atoms with Gasteiger partial charge in [0.05, 0.1) is 12.5 Å². The Morgan fingerprint density at radius 2 is 2.05 bits per heavy atom. The van der Waals surface area contributed by atoms with Crippen LogP contribution in [0.2, 0.25) is 0 Å². The number of hydrogen-bond donors (Lipinski definition) is 3. The maximum absolute atomic E-state index is 12.0. The molecular weight excluding hydrogens is 280 g/mol. The van der Waals surface area contributed by atoms with E-state index in [-0.39, 0.29) is 30.5 Å². The molecule has 3 N–H and O–H groups in total. The molecule has 22 heavy (non-hydrogen) atoms. The van der Waals surface area contributed by atoms with Crippen molar-refractivity contribution in [2.24, 2.45) is 5.41 Å². The van der Waals surface area contributed by atoms with Crippen LogP contribution in [0, 0.1) is 5.41 Å². The Labute approximate surface area is 131 Å². The molecule has 1 aliphatic rings. The topological polar surface area (TPSA) is 78.4 Å². The first kappa shape index (κ1) is 16.3. The molecule has 0 radical (unpaired) electrons. The molecule has 1 aromatic rings. The average Bonchev–Trinajstić information content (AvgIpc) is 2.56. The third-order valence-electron chi connectivity index (χ3n) is 4.19. The van der Waals surface area contributed by atoms with E-state index in [0.29, 0.717) is 0 Å². The van der Waals surface area contributed by atoms with E-state index < -0.39 is 5.97 Å². The summed E-state index contributed by atoms with van der Waals surface area (Å²) in [6.45, 7) is 4.57. The molecule has 2 rings (SSSR count). The summed E-state index contributed by atoms with van der Waals surface area (Å²) in [5.41, 5.74) is 2.60. The molecular formula is C17H24N2O3. The van der Waals surface area contributed by atoms with E-state index in [1.54, 1.807) is 0 Å². The van der Waals surface area contributed by atoms with Gasteiger partial charge in [0.2, 0.25) is 0 Å². The summed E-state index contributed by atoms with van der Waals surface area (Å²) < 4.78 is 0. The zero-order valence-corrected chi connectivity index (χ0v) is 13.2. The summed E-state index contributed by atoms with van der Waals surface area (Å²) in [6, 6.07) is 7.86. The second-order valence-electron chi connectivity index (χ2n) is 6.66. The number of carboxylic acids is 1. The zero-order valence-electron chi connectivity index (χ0n) is 13.2. The standard InChI is InChI=1S/C17H24N2O3/c1-17(2)9-7-12-5-3-4-6-13(12)14(11-17)19-16(22)18-10-8-15(20)21/h3-6,14H,7-11H2,1-2H3,(H,20,21)(H2,18,19,22). The van der Waals surface area contributed by atoms with Gasteiger partial charge in [-0.15, -0.1) is 0 Å². The summed E-state index contributed by atoms with van der Waals surface area (Å²) in [7, 11) is 0. The predicted octanol–water partition coefficient (Wildman–Crippen LogP) is 2.86. The van der Waals surface area contributed by atoms with Crippen molar-refractivity contribution in [2.75, 3.05) is 6.54 Å². The lowest BCUT2D eigenvalue weighted by molar-refractivity contribution is -0.136. The van der Waals surface area contributed by atoms with Gasteiger partial charge in [0.25, 0.3) is 0 Å². The van der Waals surface area contributed by atoms with E-state index in [1.165, 1.54) is 11.1 Å². The molecule has 1 unspecified atom stereocenters. The summed E-state index contributed by atoms with van der Waals surface area (Å²) in [4.78, 5) is 22.5. The summed E-state index contributed by atoms with van der Waals surface area (Å²) >= 11 is 0. The quantitative estimate of drug-likeness (QED) is 0.748. The second kappa shape index (κ2) is 6.81. The Morgan fingerprint density at radius 1 is 1.32 bits per heavy atom. The van der Waals surface area contributed by atoms with Crippen molar-refractivity contribution in [2.45, 2.75) is 45.6 Å². The van der Waals surface area contributed by atoms with E-state index >= 15 is 0 Å². The number of nitrogens with one attached hydrogen (secondary N) is 2. The fourth-order valence-corrected chi connectivity index (χ4v) is 2.96. The zero-order chi connectivity index (χ0) is 16.2. The highest BCUT2D eigenvalue weighted by Gasteiger charge is 2.30. The van der Waals surface area contributed by atoms with Crippen molar-refractivity contribution in [3.8, 4) is 0 Å². The Bertz CT molecular complexity index is 555. The van der Waals surface area contributed by atoms with Gasteiger partial charge in [-0.3, -0.25) is 4.79 Å². The third kappa shape index (κ3) is 4.48. The lowest BCUT2D eigenvalue weighted by atomic mass is 9.83. The number of rotatable bonds is 4. The Hall–Kier alpha value is -2.04. The molecule has 1 aromatic carbocycles. The number of carbonyl (C=O) groups is 2. The molecule has 0 saturated heterocycles. The highest BCUT2D eigenvalue weighted by atomic mass is 16.4. The van der Waals surface area contributed by atoms with E-state index in [0.717, 1.165) is 19.3 Å². The van der Waals surface area contributed by atoms with Gasteiger partial charge in [-0.25, -0.2) is 4.79 Å². The largest absolute Gasteiger partial charge is 0.481 e. The highest BCUT2D eigenvalue weighted by Crippen LogP contribution is 2.39. The van der Waals surface area contributed by atoms with Crippen molar-refractivity contribution in [3.63, 3.8) is 0 Å². The van der Waals surface area contributed by atoms with Crippen molar-refractivity contribution in [1.29, 1.82) is 0 Å². The van der Waals surface area contributed by atoms with Gasteiger partial charge in [0.15, 0.2) is 0 Å². The third-order valence-corrected chi connectivity index (χ3v) is 4.19. The van der Waals surface area contributed by atoms with E-state index in [1.807, 2.05) is 12.1 Å². The van der Waals surface area contributed by atoms with Crippen molar-refractivity contribution in [3.05, 3.63) is 35.4 Å². The van der Waals surface area contributed by atoms with Crippen LogP contribution in [-0.4, -0.2) is 23.7 Å². The Kier molecular flexibility index (Phi) is 5.06. The Morgan fingerprint density at radius 3 is 2.77 bits per heavy atom. The minimum Gasteiger partial charge on any atom is -0.481 e. The van der Waals surface area contributed by atoms with Gasteiger partial charge < -0.3 is 15.7 Å². The van der Waals surface area contributed by atoms with Gasteiger partial charge in [-0.05, 0) is 35.8 Å². The van der Waals surface area contributed by atoms with Crippen LogP contribution in [-0.2, 0) is 11.2 Å². The average molecular weight is 304 g/mol. The van der Waals surface area contributed by atoms with E-state index in [9.17, 15) is 9.59 Å². The molecule has 0 aromatic heterocycles. The van der Waals surface area contributed by atoms with Crippen LogP contribution in [0.5, 0.6) is 0 Å². The first-order valence-electron chi connectivity index (χ1n) is 7.71. The van der Waals surface area contributed by atoms with Crippen LogP contribution in [0.15, 0.2) is 24.3 Å². The first-order valence-corrected chi connectivity index (χ1v) is 7.71. The van der Waals surface area contributed by atoms with Gasteiger partial charge in [0, 0.05) is 6.54 Å². The second-order valence-corrected chi connectivity index (χ2v) is 6.66. The molecule has 0 bridgehead atoms. The molecule has 0 saturated carbocycles. The molecule has 0 heterocycles. The normalized spacial score (nSPS) is 19.6. The number of urea groups is 1. The number of aryl methyl sites for hydroxylation is 1. The molecule has 0 spiro atoms. The van der Waals surface area contributed by atoms with Gasteiger partial charge in [-0.1, -0.05) is 38.1 Å². The molecule has 5 nitrogen and oxygen atoms in total. The minimum absolute atomic E-state index is 0.0430. The first-order chi connectivity index (χ1) is 10.4. The van der Waals surface area contributed by atoms with Crippen LogP contribution in [0.1, 0.15) is 50.3 Å². The molecule has 0 fully saturated rings. The smallest absolute Gasteiger partial charge is 0.315 e. The van der Waals surface area contributed by atoms with Gasteiger partial charge in [-0.2, -0.15) is 0 Å². The molecule has 5 heteroatoms. The van der Waals surface area contributed by atoms with E-state index in [4.69, 9.17) is 5.11 Å². The van der Waals surface area contributed by atoms with Crippen LogP contribution in [0.3, 0.4) is 0 Å². The highest BCUT2D eigenvalue weighted by molar-refractivity contribution is 5.75. The van der Waals surface area contributed by atoms with Gasteiger partial charge >= 0.3 is 12.0 Å². The number of amides is 2. The number of carboxylic acid groups (broad SMARTS) is 1. The summed E-state index contributed by atoms with van der Waals surface area (Å²) in [5.74, 6) is -0.916. The molecule has 120 valence electrons. The van der Waals surface area contributed by atoms with Crippen LogP contribution in [0.25, 0.3) is 0 Å². The number of aliphatic carboxylic acids is 1. The molecule has 1 atom stereocenters. The summed E-state index contributed by atoms with van der Waals surface area (Å²) in [5, 5.41) is 14.2. The fourth-order valence-electron chi connectivity index (χ4n) is 2.96. The Balaban J connectivity index is 2.06. The van der Waals surface area contributed by atoms with Crippen LogP contribution < -0.4 is 10.6 Å². The molecule has 2 amide bonds. The number of hydrogen-bond acceptors (Lipinski definition) is 2. The van der Waals surface area contributed by atoms with Crippen LogP contribution >= 0.6 is 0 Å². The lowest BCUT2D eigenvalue weighted by Crippen LogP contribution is -2.40. The minimum atomic E-state index is -0.916. The monoisotopic (exact) mass is 304 g/mol. The van der Waals surface area contributed by atoms with Crippen LogP contribution in [0.4, 0.5) is 4.79 Å². The van der Waals surface area contributed by atoms with Crippen molar-refractivity contribution < 1.29 is 14.7 Å². The lowest BCUT2D eigenvalue weighted by Gasteiger charge is -2.27. The maximum Gasteiger partial charge on any atom is 0.315 e. The predicted molar refractivity (Wildman–Crippen MR) is 84.7 cm³/mol. The van der Waals surface area contributed by atoms with Crippen molar-refractivity contribution >= 4 is 12.0 Å².